The van der Waals surface area contributed by atoms with Gasteiger partial charge in [-0.05, 0) is 13.8 Å². The molecule has 0 atom stereocenters. The van der Waals surface area contributed by atoms with E-state index in [1.807, 2.05) is 6.20 Å². The molecule has 0 radical (unpaired) electrons. The predicted molar refractivity (Wildman–Crippen MR) is 63.4 cm³/mol. The molecular formula is C12H20N4. The van der Waals surface area contributed by atoms with Gasteiger partial charge in [0.15, 0.2) is 0 Å². The molecule has 0 aliphatic carbocycles. The van der Waals surface area contributed by atoms with Crippen LogP contribution in [-0.4, -0.2) is 40.4 Å². The zero-order valence-electron chi connectivity index (χ0n) is 10.1. The van der Waals surface area contributed by atoms with Gasteiger partial charge in [0, 0.05) is 49.9 Å². The number of hydrogen-bond acceptors (Lipinski definition) is 3. The molecule has 88 valence electrons. The van der Waals surface area contributed by atoms with Gasteiger partial charge >= 0.3 is 0 Å². The average Bonchev–Trinajstić information content (AvgIpc) is 2.60. The molecule has 0 saturated carbocycles. The molecule has 2 aliphatic rings. The number of rotatable bonds is 2. The molecule has 16 heavy (non-hydrogen) atoms. The van der Waals surface area contributed by atoms with E-state index in [1.165, 1.54) is 24.3 Å². The van der Waals surface area contributed by atoms with Crippen molar-refractivity contribution in [2.45, 2.75) is 38.9 Å². The van der Waals surface area contributed by atoms with Gasteiger partial charge in [0.25, 0.3) is 0 Å². The van der Waals surface area contributed by atoms with E-state index in [1.54, 1.807) is 0 Å². The van der Waals surface area contributed by atoms with E-state index in [0.717, 1.165) is 19.5 Å². The normalized spacial score (nSPS) is 22.2. The maximum atomic E-state index is 4.56. The maximum Gasteiger partial charge on any atom is 0.0776 e. The second-order valence-electron chi connectivity index (χ2n) is 5.19. The van der Waals surface area contributed by atoms with Crippen LogP contribution in [0, 0.1) is 0 Å². The first kappa shape index (κ1) is 10.3. The summed E-state index contributed by atoms with van der Waals surface area (Å²) in [5.41, 5.74) is 2.86. The van der Waals surface area contributed by atoms with Gasteiger partial charge in [-0.1, -0.05) is 0 Å². The molecule has 0 amide bonds. The second-order valence-corrected chi connectivity index (χ2v) is 5.19. The molecule has 1 aromatic heterocycles. The molecule has 1 aromatic rings. The van der Waals surface area contributed by atoms with Crippen LogP contribution in [0.3, 0.4) is 0 Å². The van der Waals surface area contributed by atoms with Crippen molar-refractivity contribution in [3.63, 3.8) is 0 Å². The summed E-state index contributed by atoms with van der Waals surface area (Å²) in [5.74, 6) is 0. The number of likely N-dealkylation sites (tertiary alicyclic amines) is 1. The molecule has 4 heteroatoms. The highest BCUT2D eigenvalue weighted by molar-refractivity contribution is 5.21. The van der Waals surface area contributed by atoms with Crippen LogP contribution in [0.5, 0.6) is 0 Å². The van der Waals surface area contributed by atoms with Gasteiger partial charge in [0.2, 0.25) is 0 Å². The molecular weight excluding hydrogens is 200 g/mol. The fourth-order valence-corrected chi connectivity index (χ4v) is 2.65. The van der Waals surface area contributed by atoms with Crippen molar-refractivity contribution in [1.82, 2.24) is 20.0 Å². The summed E-state index contributed by atoms with van der Waals surface area (Å²) >= 11 is 0. The van der Waals surface area contributed by atoms with Crippen molar-refractivity contribution in [3.8, 4) is 0 Å². The number of fused-ring (bicyclic) bond motifs is 1. The third kappa shape index (κ3) is 1.57. The summed E-state index contributed by atoms with van der Waals surface area (Å²) in [6.45, 7) is 8.95. The standard InChI is InChI=1S/C12H20N4/c1-9(2)15-7-11(8-15)16-12-3-4-13-5-10(12)6-14-16/h6,9,11,13H,3-5,7-8H2,1-2H3. The van der Waals surface area contributed by atoms with E-state index in [0.29, 0.717) is 12.1 Å². The highest BCUT2D eigenvalue weighted by Crippen LogP contribution is 2.26. The van der Waals surface area contributed by atoms with Crippen LogP contribution in [0.1, 0.15) is 31.1 Å². The van der Waals surface area contributed by atoms with Crippen LogP contribution in [0.15, 0.2) is 6.20 Å². The molecule has 3 heterocycles. The van der Waals surface area contributed by atoms with Gasteiger partial charge in [-0.25, -0.2) is 0 Å². The summed E-state index contributed by atoms with van der Waals surface area (Å²) in [6.07, 6.45) is 3.17. The zero-order chi connectivity index (χ0) is 11.1. The second kappa shape index (κ2) is 3.86. The van der Waals surface area contributed by atoms with Gasteiger partial charge in [-0.15, -0.1) is 0 Å². The molecule has 4 nitrogen and oxygen atoms in total. The van der Waals surface area contributed by atoms with Crippen LogP contribution in [0.25, 0.3) is 0 Å². The van der Waals surface area contributed by atoms with Gasteiger partial charge in [0.1, 0.15) is 0 Å². The van der Waals surface area contributed by atoms with E-state index < -0.39 is 0 Å². The van der Waals surface area contributed by atoms with Crippen LogP contribution in [0.2, 0.25) is 0 Å². The minimum Gasteiger partial charge on any atom is -0.312 e. The number of aromatic nitrogens is 2. The first-order valence-electron chi connectivity index (χ1n) is 6.25. The molecule has 3 rings (SSSR count). The van der Waals surface area contributed by atoms with Gasteiger partial charge in [0.05, 0.1) is 12.2 Å². The Labute approximate surface area is 96.6 Å². The lowest BCUT2D eigenvalue weighted by Crippen LogP contribution is -2.51. The SMILES string of the molecule is CC(C)N1CC(n2ncc3c2CCNC3)C1. The van der Waals surface area contributed by atoms with Crippen LogP contribution < -0.4 is 5.32 Å². The van der Waals surface area contributed by atoms with Crippen molar-refractivity contribution < 1.29 is 0 Å². The Balaban J connectivity index is 1.74. The summed E-state index contributed by atoms with van der Waals surface area (Å²) < 4.78 is 2.27. The highest BCUT2D eigenvalue weighted by Gasteiger charge is 2.32. The smallest absolute Gasteiger partial charge is 0.0776 e. The summed E-state index contributed by atoms with van der Waals surface area (Å²) in [4.78, 5) is 2.50. The van der Waals surface area contributed by atoms with Gasteiger partial charge in [-0.2, -0.15) is 5.10 Å². The fraction of sp³-hybridized carbons (Fsp3) is 0.750. The van der Waals surface area contributed by atoms with Crippen LogP contribution in [-0.2, 0) is 13.0 Å². The molecule has 2 aliphatic heterocycles. The van der Waals surface area contributed by atoms with Gasteiger partial charge < -0.3 is 5.32 Å². The average molecular weight is 220 g/mol. The Hall–Kier alpha value is -0.870. The lowest BCUT2D eigenvalue weighted by molar-refractivity contribution is 0.0656. The van der Waals surface area contributed by atoms with E-state index in [-0.39, 0.29) is 0 Å². The Morgan fingerprint density at radius 3 is 3.00 bits per heavy atom. The molecule has 1 saturated heterocycles. The third-order valence-electron chi connectivity index (χ3n) is 3.81. The number of nitrogens with one attached hydrogen (secondary N) is 1. The van der Waals surface area contributed by atoms with Crippen LogP contribution >= 0.6 is 0 Å². The topological polar surface area (TPSA) is 33.1 Å². The Kier molecular flexibility index (Phi) is 2.48. The predicted octanol–water partition coefficient (Wildman–Crippen LogP) is 0.794. The van der Waals surface area contributed by atoms with Crippen molar-refractivity contribution in [1.29, 1.82) is 0 Å². The van der Waals surface area contributed by atoms with E-state index >= 15 is 0 Å². The maximum absolute atomic E-state index is 4.56. The van der Waals surface area contributed by atoms with Crippen molar-refractivity contribution in [2.75, 3.05) is 19.6 Å². The fourth-order valence-electron chi connectivity index (χ4n) is 2.65. The van der Waals surface area contributed by atoms with E-state index in [2.05, 4.69) is 33.8 Å². The summed E-state index contributed by atoms with van der Waals surface area (Å²) in [6, 6.07) is 1.29. The van der Waals surface area contributed by atoms with Gasteiger partial charge in [-0.3, -0.25) is 9.58 Å². The quantitative estimate of drug-likeness (QED) is 0.800. The summed E-state index contributed by atoms with van der Waals surface area (Å²) in [5, 5.41) is 7.96. The van der Waals surface area contributed by atoms with E-state index in [4.69, 9.17) is 0 Å². The third-order valence-corrected chi connectivity index (χ3v) is 3.81. The number of nitrogens with zero attached hydrogens (tertiary/aromatic N) is 3. The largest absolute Gasteiger partial charge is 0.312 e. The minimum atomic E-state index is 0.615. The molecule has 1 N–H and O–H groups in total. The molecule has 0 aromatic carbocycles. The first-order chi connectivity index (χ1) is 7.75. The summed E-state index contributed by atoms with van der Waals surface area (Å²) in [7, 11) is 0. The van der Waals surface area contributed by atoms with Crippen molar-refractivity contribution in [3.05, 3.63) is 17.5 Å². The number of hydrogen-bond donors (Lipinski definition) is 1. The molecule has 1 fully saturated rings. The Morgan fingerprint density at radius 1 is 1.44 bits per heavy atom. The monoisotopic (exact) mass is 220 g/mol. The highest BCUT2D eigenvalue weighted by atomic mass is 15.4. The minimum absolute atomic E-state index is 0.615. The van der Waals surface area contributed by atoms with Crippen LogP contribution in [0.4, 0.5) is 0 Å². The zero-order valence-corrected chi connectivity index (χ0v) is 10.1. The van der Waals surface area contributed by atoms with E-state index in [9.17, 15) is 0 Å². The van der Waals surface area contributed by atoms with Crippen molar-refractivity contribution in [2.24, 2.45) is 0 Å². The lowest BCUT2D eigenvalue weighted by atomic mass is 10.0. The first-order valence-corrected chi connectivity index (χ1v) is 6.25. The lowest BCUT2D eigenvalue weighted by Gasteiger charge is -2.42. The van der Waals surface area contributed by atoms with Crippen molar-refractivity contribution >= 4 is 0 Å². The Bertz CT molecular complexity index is 376. The molecule has 0 unspecified atom stereocenters. The molecule has 0 bridgehead atoms. The Morgan fingerprint density at radius 2 is 2.25 bits per heavy atom. The molecule has 0 spiro atoms.